The number of hydrogen-bond acceptors (Lipinski definition) is 5. The number of fused-ring (bicyclic) bond motifs is 1. The van der Waals surface area contributed by atoms with Crippen molar-refractivity contribution in [3.8, 4) is 16.9 Å². The third-order valence-electron chi connectivity index (χ3n) is 4.32. The van der Waals surface area contributed by atoms with Crippen LogP contribution in [0.5, 0.6) is 5.75 Å². The van der Waals surface area contributed by atoms with E-state index >= 15 is 0 Å². The van der Waals surface area contributed by atoms with Crippen molar-refractivity contribution >= 4 is 5.78 Å². The van der Waals surface area contributed by atoms with Crippen molar-refractivity contribution in [3.63, 3.8) is 0 Å². The van der Waals surface area contributed by atoms with E-state index in [1.54, 1.807) is 20.8 Å². The summed E-state index contributed by atoms with van der Waals surface area (Å²) in [5, 5.41) is 7.90. The lowest BCUT2D eigenvalue weighted by molar-refractivity contribution is 0.0684. The number of rotatable bonds is 3. The number of benzene rings is 2. The number of ether oxygens (including phenoxy) is 1. The zero-order valence-corrected chi connectivity index (χ0v) is 14.4. The summed E-state index contributed by atoms with van der Waals surface area (Å²) in [4.78, 5) is 12.5. The molecule has 0 amide bonds. The fourth-order valence-electron chi connectivity index (χ4n) is 3.07. The molecule has 5 heteroatoms. The predicted molar refractivity (Wildman–Crippen MR) is 92.8 cm³/mol. The molecule has 2 heterocycles. The average Bonchev–Trinajstić information content (AvgIpc) is 3.08. The maximum absolute atomic E-state index is 12.5. The van der Waals surface area contributed by atoms with Crippen LogP contribution in [0.1, 0.15) is 41.6 Å². The van der Waals surface area contributed by atoms with E-state index in [0.717, 1.165) is 16.7 Å². The second kappa shape index (κ2) is 5.55. The van der Waals surface area contributed by atoms with Crippen LogP contribution in [0.25, 0.3) is 11.1 Å². The lowest BCUT2D eigenvalue weighted by Crippen LogP contribution is -2.31. The monoisotopic (exact) mass is 334 g/mol. The zero-order valence-electron chi connectivity index (χ0n) is 14.4. The number of carbonyl (C=O) groups is 1. The smallest absolute Gasteiger partial charge is 0.220 e. The van der Waals surface area contributed by atoms with Gasteiger partial charge in [-0.3, -0.25) is 4.79 Å². The highest BCUT2D eigenvalue weighted by Gasteiger charge is 2.39. The minimum Gasteiger partial charge on any atom is -0.479 e. The van der Waals surface area contributed by atoms with E-state index in [0.29, 0.717) is 29.5 Å². The maximum atomic E-state index is 12.5. The number of hydrogen-bond donors (Lipinski definition) is 0. The molecule has 1 aliphatic heterocycles. The Hall–Kier alpha value is -2.95. The van der Waals surface area contributed by atoms with Gasteiger partial charge < -0.3 is 9.15 Å². The molecule has 0 saturated carbocycles. The molecule has 0 atom stereocenters. The molecule has 0 spiro atoms. The topological polar surface area (TPSA) is 65.2 Å². The molecule has 0 bridgehead atoms. The van der Waals surface area contributed by atoms with E-state index < -0.39 is 5.60 Å². The van der Waals surface area contributed by atoms with Crippen molar-refractivity contribution in [2.75, 3.05) is 0 Å². The largest absolute Gasteiger partial charge is 0.479 e. The third kappa shape index (κ3) is 2.82. The summed E-state index contributed by atoms with van der Waals surface area (Å²) in [5.74, 6) is 1.82. The number of aromatic nitrogens is 2. The minimum absolute atomic E-state index is 0.0156. The fraction of sp³-hybridized carbons (Fsp3) is 0.250. The molecule has 2 aromatic carbocycles. The molecular formula is C20H18N2O3. The fourth-order valence-corrected chi connectivity index (χ4v) is 3.07. The van der Waals surface area contributed by atoms with E-state index in [4.69, 9.17) is 9.15 Å². The SMILES string of the molecule is Cc1nnc(Cc2cccc(-c3ccc4c(c3)C(=O)C(C)(C)O4)c2)o1. The van der Waals surface area contributed by atoms with Crippen molar-refractivity contribution < 1.29 is 13.9 Å². The van der Waals surface area contributed by atoms with Gasteiger partial charge in [0.1, 0.15) is 5.75 Å². The molecule has 1 aliphatic rings. The first-order valence-corrected chi connectivity index (χ1v) is 8.18. The van der Waals surface area contributed by atoms with Gasteiger partial charge in [0, 0.05) is 6.92 Å². The van der Waals surface area contributed by atoms with Crippen LogP contribution in [-0.4, -0.2) is 21.6 Å². The molecule has 3 aromatic rings. The summed E-state index contributed by atoms with van der Waals surface area (Å²) in [6.45, 7) is 5.36. The summed E-state index contributed by atoms with van der Waals surface area (Å²) >= 11 is 0. The van der Waals surface area contributed by atoms with E-state index in [-0.39, 0.29) is 5.78 Å². The molecule has 1 aromatic heterocycles. The summed E-state index contributed by atoms with van der Waals surface area (Å²) in [5.41, 5.74) is 2.94. The first-order chi connectivity index (χ1) is 11.9. The Morgan fingerprint density at radius 3 is 2.60 bits per heavy atom. The van der Waals surface area contributed by atoms with Gasteiger partial charge in [0.25, 0.3) is 0 Å². The van der Waals surface area contributed by atoms with Crippen molar-refractivity contribution in [1.29, 1.82) is 0 Å². The zero-order chi connectivity index (χ0) is 17.6. The van der Waals surface area contributed by atoms with Crippen molar-refractivity contribution in [2.45, 2.75) is 32.8 Å². The highest BCUT2D eigenvalue weighted by molar-refractivity contribution is 6.07. The number of Topliss-reactive ketones (excluding diaryl/α,β-unsaturated/α-hetero) is 1. The normalized spacial score (nSPS) is 15.1. The number of aryl methyl sites for hydroxylation is 1. The molecule has 0 fully saturated rings. The molecular weight excluding hydrogens is 316 g/mol. The van der Waals surface area contributed by atoms with Crippen molar-refractivity contribution in [1.82, 2.24) is 10.2 Å². The van der Waals surface area contributed by atoms with E-state index in [1.165, 1.54) is 0 Å². The Morgan fingerprint density at radius 2 is 1.84 bits per heavy atom. The molecule has 0 N–H and O–H groups in total. The summed E-state index contributed by atoms with van der Waals surface area (Å²) < 4.78 is 11.2. The number of nitrogens with zero attached hydrogens (tertiary/aromatic N) is 2. The van der Waals surface area contributed by atoms with Gasteiger partial charge in [-0.2, -0.15) is 0 Å². The molecule has 25 heavy (non-hydrogen) atoms. The Labute approximate surface area is 145 Å². The Bertz CT molecular complexity index is 973. The molecule has 0 saturated heterocycles. The quantitative estimate of drug-likeness (QED) is 0.724. The highest BCUT2D eigenvalue weighted by Crippen LogP contribution is 2.37. The van der Waals surface area contributed by atoms with Gasteiger partial charge in [-0.1, -0.05) is 30.3 Å². The van der Waals surface area contributed by atoms with Crippen molar-refractivity contribution in [3.05, 3.63) is 65.4 Å². The minimum atomic E-state index is -0.793. The molecule has 0 aliphatic carbocycles. The van der Waals surface area contributed by atoms with Crippen LogP contribution in [0.4, 0.5) is 0 Å². The summed E-state index contributed by atoms with van der Waals surface area (Å²) in [6, 6.07) is 13.9. The summed E-state index contributed by atoms with van der Waals surface area (Å²) in [7, 11) is 0. The predicted octanol–water partition coefficient (Wildman–Crippen LogP) is 3.99. The van der Waals surface area contributed by atoms with Crippen LogP contribution in [0, 0.1) is 6.92 Å². The van der Waals surface area contributed by atoms with Gasteiger partial charge in [-0.15, -0.1) is 10.2 Å². The second-order valence-corrected chi connectivity index (χ2v) is 6.74. The highest BCUT2D eigenvalue weighted by atomic mass is 16.5. The molecule has 126 valence electrons. The molecule has 0 unspecified atom stereocenters. The van der Waals surface area contributed by atoms with E-state index in [1.807, 2.05) is 36.4 Å². The Morgan fingerprint density at radius 1 is 1.04 bits per heavy atom. The van der Waals surface area contributed by atoms with Gasteiger partial charge in [0.15, 0.2) is 5.60 Å². The van der Waals surface area contributed by atoms with Crippen LogP contribution in [0.15, 0.2) is 46.9 Å². The molecule has 0 radical (unpaired) electrons. The van der Waals surface area contributed by atoms with Crippen LogP contribution < -0.4 is 4.74 Å². The Kier molecular flexibility index (Phi) is 3.46. The van der Waals surface area contributed by atoms with Gasteiger partial charge in [0.2, 0.25) is 17.6 Å². The molecule has 4 rings (SSSR count). The van der Waals surface area contributed by atoms with Crippen LogP contribution >= 0.6 is 0 Å². The van der Waals surface area contributed by atoms with Gasteiger partial charge in [-0.25, -0.2) is 0 Å². The van der Waals surface area contributed by atoms with Crippen molar-refractivity contribution in [2.24, 2.45) is 0 Å². The lowest BCUT2D eigenvalue weighted by atomic mass is 9.95. The standard InChI is InChI=1S/C20H18N2O3/c1-12-21-22-18(24-12)10-13-5-4-6-14(9-13)15-7-8-17-16(11-15)19(23)20(2,3)25-17/h4-9,11H,10H2,1-3H3. The average molecular weight is 334 g/mol. The van der Waals surface area contributed by atoms with Crippen LogP contribution in [0.2, 0.25) is 0 Å². The summed E-state index contributed by atoms with van der Waals surface area (Å²) in [6.07, 6.45) is 0.578. The Balaban J connectivity index is 1.66. The van der Waals surface area contributed by atoms with Crippen LogP contribution in [-0.2, 0) is 6.42 Å². The lowest BCUT2D eigenvalue weighted by Gasteiger charge is -2.14. The van der Waals surface area contributed by atoms with Gasteiger partial charge in [0.05, 0.1) is 12.0 Å². The first-order valence-electron chi connectivity index (χ1n) is 8.18. The van der Waals surface area contributed by atoms with Gasteiger partial charge in [-0.05, 0) is 42.7 Å². The second-order valence-electron chi connectivity index (χ2n) is 6.74. The van der Waals surface area contributed by atoms with E-state index in [9.17, 15) is 4.79 Å². The number of ketones is 1. The van der Waals surface area contributed by atoms with Gasteiger partial charge >= 0.3 is 0 Å². The van der Waals surface area contributed by atoms with E-state index in [2.05, 4.69) is 16.3 Å². The molecule has 5 nitrogen and oxygen atoms in total. The first kappa shape index (κ1) is 15.6. The third-order valence-corrected chi connectivity index (χ3v) is 4.32. The number of carbonyl (C=O) groups excluding carboxylic acids is 1. The van der Waals surface area contributed by atoms with Crippen LogP contribution in [0.3, 0.4) is 0 Å². The maximum Gasteiger partial charge on any atom is 0.220 e.